The number of nitrogens with one attached hydrogen (secondary N) is 1. The van der Waals surface area contributed by atoms with Crippen molar-refractivity contribution in [2.45, 2.75) is 44.6 Å². The van der Waals surface area contributed by atoms with Crippen molar-refractivity contribution in [2.24, 2.45) is 0 Å². The van der Waals surface area contributed by atoms with Crippen LogP contribution in [0.3, 0.4) is 0 Å². The molecule has 1 saturated carbocycles. The molecule has 0 atom stereocenters. The summed E-state index contributed by atoms with van der Waals surface area (Å²) < 4.78 is 33.0. The molecule has 0 radical (unpaired) electrons. The van der Waals surface area contributed by atoms with Gasteiger partial charge < -0.3 is 9.42 Å². The fraction of sp³-hybridized carbons (Fsp3) is 0.375. The first-order chi connectivity index (χ1) is 11.3. The number of amides is 1. The number of sulfonamides is 1. The SMILES string of the molecule is CC(=O)N(c1ccccc1NS(=O)(=O)c1c(C)noc1C)C1CC1. The van der Waals surface area contributed by atoms with Crippen LogP contribution < -0.4 is 9.62 Å². The number of carbonyl (C=O) groups excluding carboxylic acids is 1. The van der Waals surface area contributed by atoms with E-state index in [2.05, 4.69) is 9.88 Å². The second-order valence-corrected chi connectivity index (χ2v) is 7.52. The van der Waals surface area contributed by atoms with Gasteiger partial charge in [-0.1, -0.05) is 17.3 Å². The molecule has 24 heavy (non-hydrogen) atoms. The fourth-order valence-electron chi connectivity index (χ4n) is 2.78. The number of carbonyl (C=O) groups is 1. The lowest BCUT2D eigenvalue weighted by atomic mass is 10.2. The maximum absolute atomic E-state index is 12.7. The number of benzene rings is 1. The molecule has 0 spiro atoms. The molecule has 1 heterocycles. The van der Waals surface area contributed by atoms with Crippen LogP contribution in [0.5, 0.6) is 0 Å². The second-order valence-electron chi connectivity index (χ2n) is 5.90. The highest BCUT2D eigenvalue weighted by atomic mass is 32.2. The van der Waals surface area contributed by atoms with Crippen LogP contribution in [0.15, 0.2) is 33.7 Å². The van der Waals surface area contributed by atoms with Gasteiger partial charge in [-0.3, -0.25) is 9.52 Å². The van der Waals surface area contributed by atoms with Crippen LogP contribution in [0.2, 0.25) is 0 Å². The van der Waals surface area contributed by atoms with E-state index in [9.17, 15) is 13.2 Å². The molecule has 0 unspecified atom stereocenters. The zero-order chi connectivity index (χ0) is 17.5. The van der Waals surface area contributed by atoms with Gasteiger partial charge in [0.05, 0.1) is 11.4 Å². The van der Waals surface area contributed by atoms with Crippen molar-refractivity contribution in [3.63, 3.8) is 0 Å². The molecule has 128 valence electrons. The van der Waals surface area contributed by atoms with Crippen molar-refractivity contribution in [3.05, 3.63) is 35.7 Å². The summed E-state index contributed by atoms with van der Waals surface area (Å²) in [5.74, 6) is 0.115. The maximum atomic E-state index is 12.7. The molecule has 1 aromatic carbocycles. The average Bonchev–Trinajstić information content (AvgIpc) is 3.25. The van der Waals surface area contributed by atoms with Gasteiger partial charge in [-0.15, -0.1) is 0 Å². The van der Waals surface area contributed by atoms with Crippen molar-refractivity contribution in [2.75, 3.05) is 9.62 Å². The van der Waals surface area contributed by atoms with Gasteiger partial charge in [0, 0.05) is 13.0 Å². The zero-order valence-corrected chi connectivity index (χ0v) is 14.6. The Labute approximate surface area is 140 Å². The van der Waals surface area contributed by atoms with Gasteiger partial charge in [0.25, 0.3) is 10.0 Å². The van der Waals surface area contributed by atoms with Crippen LogP contribution >= 0.6 is 0 Å². The first kappa shape index (κ1) is 16.5. The lowest BCUT2D eigenvalue weighted by molar-refractivity contribution is -0.116. The van der Waals surface area contributed by atoms with E-state index in [1.807, 2.05) is 0 Å². The van der Waals surface area contributed by atoms with E-state index in [0.717, 1.165) is 12.8 Å². The molecule has 0 bridgehead atoms. The van der Waals surface area contributed by atoms with Crippen molar-refractivity contribution in [1.29, 1.82) is 0 Å². The number of hydrogen-bond acceptors (Lipinski definition) is 5. The van der Waals surface area contributed by atoms with E-state index in [1.165, 1.54) is 6.92 Å². The second kappa shape index (κ2) is 5.94. The lowest BCUT2D eigenvalue weighted by Gasteiger charge is -2.24. The first-order valence-electron chi connectivity index (χ1n) is 7.66. The van der Waals surface area contributed by atoms with Gasteiger partial charge in [0.2, 0.25) is 5.91 Å². The van der Waals surface area contributed by atoms with Crippen molar-refractivity contribution < 1.29 is 17.7 Å². The summed E-state index contributed by atoms with van der Waals surface area (Å²) in [5, 5.41) is 3.69. The molecule has 7 nitrogen and oxygen atoms in total. The monoisotopic (exact) mass is 349 g/mol. The number of rotatable bonds is 5. The molecular weight excluding hydrogens is 330 g/mol. The summed E-state index contributed by atoms with van der Waals surface area (Å²) in [6.07, 6.45) is 1.84. The summed E-state index contributed by atoms with van der Waals surface area (Å²) in [6.45, 7) is 4.60. The smallest absolute Gasteiger partial charge is 0.267 e. The summed E-state index contributed by atoms with van der Waals surface area (Å²) >= 11 is 0. The Bertz CT molecular complexity index is 865. The van der Waals surface area contributed by atoms with Crippen LogP contribution in [0.1, 0.15) is 31.2 Å². The zero-order valence-electron chi connectivity index (χ0n) is 13.7. The Morgan fingerprint density at radius 2 is 1.96 bits per heavy atom. The van der Waals surface area contributed by atoms with Crippen molar-refractivity contribution in [1.82, 2.24) is 5.16 Å². The molecular formula is C16H19N3O4S. The summed E-state index contributed by atoms with van der Waals surface area (Å²) in [6, 6.07) is 7.02. The van der Waals surface area contributed by atoms with E-state index in [0.29, 0.717) is 17.1 Å². The number of aromatic nitrogens is 1. The number of nitrogens with zero attached hydrogens (tertiary/aromatic N) is 2. The minimum atomic E-state index is -3.86. The number of para-hydroxylation sites is 2. The summed E-state index contributed by atoms with van der Waals surface area (Å²) in [4.78, 5) is 13.7. The molecule has 2 aromatic rings. The molecule has 8 heteroatoms. The van der Waals surface area contributed by atoms with Crippen molar-refractivity contribution in [3.8, 4) is 0 Å². The first-order valence-corrected chi connectivity index (χ1v) is 9.14. The van der Waals surface area contributed by atoms with Gasteiger partial charge in [-0.2, -0.15) is 0 Å². The standard InChI is InChI=1S/C16H19N3O4S/c1-10-16(11(2)23-17-10)24(21,22)18-14-6-4-5-7-15(14)19(12(3)20)13-8-9-13/h4-7,13,18H,8-9H2,1-3H3. The highest BCUT2D eigenvalue weighted by molar-refractivity contribution is 7.92. The summed E-state index contributed by atoms with van der Waals surface area (Å²) in [5.41, 5.74) is 1.21. The van der Waals surface area contributed by atoms with E-state index < -0.39 is 10.0 Å². The van der Waals surface area contributed by atoms with Gasteiger partial charge >= 0.3 is 0 Å². The predicted molar refractivity (Wildman–Crippen MR) is 89.4 cm³/mol. The third kappa shape index (κ3) is 3.01. The summed E-state index contributed by atoms with van der Waals surface area (Å²) in [7, 11) is -3.86. The third-order valence-corrected chi connectivity index (χ3v) is 5.50. The van der Waals surface area contributed by atoms with Crippen LogP contribution in [0, 0.1) is 13.8 Å². The van der Waals surface area contributed by atoms with E-state index in [4.69, 9.17) is 4.52 Å². The fourth-order valence-corrected chi connectivity index (χ4v) is 4.19. The maximum Gasteiger partial charge on any atom is 0.267 e. The van der Waals surface area contributed by atoms with E-state index in [1.54, 1.807) is 43.0 Å². The van der Waals surface area contributed by atoms with Crippen LogP contribution in [0.4, 0.5) is 11.4 Å². The Morgan fingerprint density at radius 1 is 1.29 bits per heavy atom. The molecule has 1 aromatic heterocycles. The van der Waals surface area contributed by atoms with Crippen LogP contribution in [-0.2, 0) is 14.8 Å². The average molecular weight is 349 g/mol. The van der Waals surface area contributed by atoms with Crippen molar-refractivity contribution >= 4 is 27.3 Å². The van der Waals surface area contributed by atoms with E-state index in [-0.39, 0.29) is 22.6 Å². The third-order valence-electron chi connectivity index (χ3n) is 3.90. The molecule has 1 amide bonds. The number of anilines is 2. The Morgan fingerprint density at radius 3 is 2.50 bits per heavy atom. The van der Waals surface area contributed by atoms with Crippen LogP contribution in [-0.4, -0.2) is 25.5 Å². The lowest BCUT2D eigenvalue weighted by Crippen LogP contribution is -2.31. The highest BCUT2D eigenvalue weighted by Gasteiger charge is 2.34. The van der Waals surface area contributed by atoms with E-state index >= 15 is 0 Å². The van der Waals surface area contributed by atoms with Gasteiger partial charge in [0.1, 0.15) is 5.69 Å². The normalized spacial score (nSPS) is 14.5. The Hall–Kier alpha value is -2.35. The molecule has 1 fully saturated rings. The molecule has 1 aliphatic rings. The van der Waals surface area contributed by atoms with Gasteiger partial charge in [-0.05, 0) is 38.8 Å². The quantitative estimate of drug-likeness (QED) is 0.896. The van der Waals surface area contributed by atoms with Gasteiger partial charge in [-0.25, -0.2) is 8.42 Å². The molecule has 0 saturated heterocycles. The Balaban J connectivity index is 2.01. The highest BCUT2D eigenvalue weighted by Crippen LogP contribution is 2.37. The minimum absolute atomic E-state index is 0.0260. The Kier molecular flexibility index (Phi) is 4.08. The minimum Gasteiger partial charge on any atom is -0.360 e. The molecule has 1 N–H and O–H groups in total. The topological polar surface area (TPSA) is 92.5 Å². The van der Waals surface area contributed by atoms with Gasteiger partial charge in [0.15, 0.2) is 10.7 Å². The molecule has 0 aliphatic heterocycles. The molecule has 3 rings (SSSR count). The molecule has 1 aliphatic carbocycles. The predicted octanol–water partition coefficient (Wildman–Crippen LogP) is 2.61. The largest absolute Gasteiger partial charge is 0.360 e. The van der Waals surface area contributed by atoms with Crippen LogP contribution in [0.25, 0.3) is 0 Å². The number of aryl methyl sites for hydroxylation is 2. The number of hydrogen-bond donors (Lipinski definition) is 1.